The Bertz CT molecular complexity index is 694. The van der Waals surface area contributed by atoms with Crippen molar-refractivity contribution >= 4 is 29.4 Å². The van der Waals surface area contributed by atoms with Crippen molar-refractivity contribution in [3.63, 3.8) is 0 Å². The molecule has 26 heavy (non-hydrogen) atoms. The molecule has 7 heteroatoms. The van der Waals surface area contributed by atoms with Crippen molar-refractivity contribution in [1.82, 2.24) is 15.1 Å². The standard InChI is InChI=1S/C19H26ClN3O3/c1-6-19(14-7-9-15(20)10-8-14)17(25)22(18(26)21-19)11-16(24)23(12(2)3)13(4)5/h7-10,12-13H,6,11H2,1-5H3,(H,21,26). The molecule has 0 saturated carbocycles. The molecule has 1 aromatic rings. The van der Waals surface area contributed by atoms with E-state index in [9.17, 15) is 14.4 Å². The van der Waals surface area contributed by atoms with Crippen LogP contribution in [0.15, 0.2) is 24.3 Å². The molecular weight excluding hydrogens is 354 g/mol. The number of hydrogen-bond acceptors (Lipinski definition) is 3. The third-order valence-corrected chi connectivity index (χ3v) is 4.99. The number of carbonyl (C=O) groups is 3. The van der Waals surface area contributed by atoms with Gasteiger partial charge in [0.1, 0.15) is 12.1 Å². The van der Waals surface area contributed by atoms with E-state index in [4.69, 9.17) is 11.6 Å². The number of nitrogens with zero attached hydrogens (tertiary/aromatic N) is 2. The first-order chi connectivity index (χ1) is 12.1. The maximum atomic E-state index is 13.1. The van der Waals surface area contributed by atoms with Gasteiger partial charge >= 0.3 is 6.03 Å². The smallest absolute Gasteiger partial charge is 0.325 e. The highest BCUT2D eigenvalue weighted by atomic mass is 35.5. The van der Waals surface area contributed by atoms with Gasteiger partial charge in [-0.2, -0.15) is 0 Å². The Morgan fingerprint density at radius 2 is 1.69 bits per heavy atom. The molecule has 6 nitrogen and oxygen atoms in total. The van der Waals surface area contributed by atoms with Crippen molar-refractivity contribution in [1.29, 1.82) is 0 Å². The molecule has 1 unspecified atom stereocenters. The first kappa shape index (κ1) is 20.2. The van der Waals surface area contributed by atoms with Gasteiger partial charge in [-0.25, -0.2) is 4.79 Å². The van der Waals surface area contributed by atoms with Gasteiger partial charge in [-0.3, -0.25) is 14.5 Å². The zero-order valence-corrected chi connectivity index (χ0v) is 16.6. The lowest BCUT2D eigenvalue weighted by Gasteiger charge is -2.32. The van der Waals surface area contributed by atoms with Gasteiger partial charge in [0.25, 0.3) is 5.91 Å². The highest BCUT2D eigenvalue weighted by Crippen LogP contribution is 2.33. The van der Waals surface area contributed by atoms with E-state index in [1.54, 1.807) is 29.2 Å². The second-order valence-electron chi connectivity index (χ2n) is 7.08. The maximum Gasteiger partial charge on any atom is 0.325 e. The number of amides is 4. The largest absolute Gasteiger partial charge is 0.336 e. The molecule has 1 saturated heterocycles. The molecule has 2 rings (SSSR count). The summed E-state index contributed by atoms with van der Waals surface area (Å²) in [5.74, 6) is -0.658. The molecule has 0 aliphatic carbocycles. The van der Waals surface area contributed by atoms with Crippen LogP contribution < -0.4 is 5.32 Å². The first-order valence-electron chi connectivity index (χ1n) is 8.85. The van der Waals surface area contributed by atoms with Crippen LogP contribution >= 0.6 is 11.6 Å². The molecule has 1 aliphatic heterocycles. The average molecular weight is 380 g/mol. The Morgan fingerprint density at radius 3 is 2.15 bits per heavy atom. The van der Waals surface area contributed by atoms with Crippen LogP contribution in [0.5, 0.6) is 0 Å². The number of benzene rings is 1. The normalized spacial score (nSPS) is 20.1. The van der Waals surface area contributed by atoms with Gasteiger partial charge in [0, 0.05) is 17.1 Å². The van der Waals surface area contributed by atoms with Crippen molar-refractivity contribution in [3.05, 3.63) is 34.9 Å². The minimum atomic E-state index is -1.16. The molecule has 1 atom stereocenters. The molecule has 1 aromatic carbocycles. The molecule has 0 radical (unpaired) electrons. The zero-order chi connectivity index (χ0) is 19.6. The van der Waals surface area contributed by atoms with Crippen molar-refractivity contribution in [2.75, 3.05) is 6.54 Å². The van der Waals surface area contributed by atoms with E-state index >= 15 is 0 Å². The molecule has 0 aromatic heterocycles. The Hall–Kier alpha value is -2.08. The van der Waals surface area contributed by atoms with Crippen molar-refractivity contribution in [2.45, 2.75) is 58.7 Å². The first-order valence-corrected chi connectivity index (χ1v) is 9.23. The summed E-state index contributed by atoms with van der Waals surface area (Å²) in [7, 11) is 0. The van der Waals surface area contributed by atoms with Crippen molar-refractivity contribution in [2.24, 2.45) is 0 Å². The molecular formula is C19H26ClN3O3. The summed E-state index contributed by atoms with van der Waals surface area (Å²) in [4.78, 5) is 41.0. The SMILES string of the molecule is CCC1(c2ccc(Cl)cc2)NC(=O)N(CC(=O)N(C(C)C)C(C)C)C1=O. The predicted octanol–water partition coefficient (Wildman–Crippen LogP) is 3.14. The van der Waals surface area contributed by atoms with E-state index in [1.165, 1.54) is 0 Å². The lowest BCUT2D eigenvalue weighted by atomic mass is 9.87. The second kappa shape index (κ2) is 7.66. The van der Waals surface area contributed by atoms with Gasteiger partial charge in [0.05, 0.1) is 0 Å². The Morgan fingerprint density at radius 1 is 1.15 bits per heavy atom. The van der Waals surface area contributed by atoms with Crippen LogP contribution in [0.3, 0.4) is 0 Å². The van der Waals surface area contributed by atoms with Gasteiger partial charge in [-0.05, 0) is 51.8 Å². The van der Waals surface area contributed by atoms with Crippen molar-refractivity contribution in [3.8, 4) is 0 Å². The summed E-state index contributed by atoms with van der Waals surface area (Å²) in [6.07, 6.45) is 0.377. The molecule has 0 bridgehead atoms. The van der Waals surface area contributed by atoms with Crippen LogP contribution in [0.1, 0.15) is 46.6 Å². The third-order valence-electron chi connectivity index (χ3n) is 4.74. The summed E-state index contributed by atoms with van der Waals surface area (Å²) in [6.45, 7) is 9.20. The Labute approximate surface area is 159 Å². The second-order valence-corrected chi connectivity index (χ2v) is 7.51. The van der Waals surface area contributed by atoms with E-state index in [0.29, 0.717) is 17.0 Å². The summed E-state index contributed by atoms with van der Waals surface area (Å²) in [6, 6.07) is 6.23. The molecule has 1 fully saturated rings. The number of rotatable bonds is 6. The zero-order valence-electron chi connectivity index (χ0n) is 15.9. The minimum absolute atomic E-state index is 0.0181. The van der Waals surface area contributed by atoms with E-state index in [2.05, 4.69) is 5.32 Å². The lowest BCUT2D eigenvalue weighted by Crippen LogP contribution is -2.49. The number of halogens is 1. The fourth-order valence-corrected chi connectivity index (χ4v) is 3.66. The number of hydrogen-bond donors (Lipinski definition) is 1. The average Bonchev–Trinajstić information content (AvgIpc) is 2.80. The van der Waals surface area contributed by atoms with Gasteiger partial charge in [0.15, 0.2) is 0 Å². The number of urea groups is 1. The van der Waals surface area contributed by atoms with Crippen LogP contribution in [0, 0.1) is 0 Å². The van der Waals surface area contributed by atoms with Crippen LogP contribution in [0.4, 0.5) is 4.79 Å². The third kappa shape index (κ3) is 3.56. The monoisotopic (exact) mass is 379 g/mol. The number of nitrogens with one attached hydrogen (secondary N) is 1. The number of imide groups is 1. The fraction of sp³-hybridized carbons (Fsp3) is 0.526. The quantitative estimate of drug-likeness (QED) is 0.772. The van der Waals surface area contributed by atoms with Crippen LogP contribution in [-0.4, -0.2) is 46.3 Å². The molecule has 1 aliphatic rings. The summed E-state index contributed by atoms with van der Waals surface area (Å²) >= 11 is 5.93. The fourth-order valence-electron chi connectivity index (χ4n) is 3.53. The summed E-state index contributed by atoms with van der Waals surface area (Å²) in [5.41, 5.74) is -0.509. The molecule has 4 amide bonds. The Balaban J connectivity index is 2.30. The maximum absolute atomic E-state index is 13.1. The minimum Gasteiger partial charge on any atom is -0.336 e. The van der Waals surface area contributed by atoms with E-state index in [1.807, 2.05) is 34.6 Å². The van der Waals surface area contributed by atoms with E-state index in [0.717, 1.165) is 4.90 Å². The van der Waals surface area contributed by atoms with E-state index < -0.39 is 17.5 Å². The molecule has 1 N–H and O–H groups in total. The topological polar surface area (TPSA) is 69.7 Å². The van der Waals surface area contributed by atoms with Crippen LogP contribution in [0.25, 0.3) is 0 Å². The lowest BCUT2D eigenvalue weighted by molar-refractivity contribution is -0.141. The predicted molar refractivity (Wildman–Crippen MR) is 101 cm³/mol. The summed E-state index contributed by atoms with van der Waals surface area (Å²) in [5, 5.41) is 3.33. The van der Waals surface area contributed by atoms with Crippen LogP contribution in [0.2, 0.25) is 5.02 Å². The van der Waals surface area contributed by atoms with Gasteiger partial charge in [-0.15, -0.1) is 0 Å². The van der Waals surface area contributed by atoms with Gasteiger partial charge < -0.3 is 10.2 Å². The number of carbonyl (C=O) groups excluding carboxylic acids is 3. The Kier molecular flexibility index (Phi) is 5.96. The highest BCUT2D eigenvalue weighted by molar-refractivity contribution is 6.30. The van der Waals surface area contributed by atoms with Gasteiger partial charge in [-0.1, -0.05) is 30.7 Å². The van der Waals surface area contributed by atoms with Gasteiger partial charge in [0.2, 0.25) is 5.91 Å². The summed E-state index contributed by atoms with van der Waals surface area (Å²) < 4.78 is 0. The molecule has 1 heterocycles. The molecule has 142 valence electrons. The molecule has 0 spiro atoms. The van der Waals surface area contributed by atoms with Crippen LogP contribution in [-0.2, 0) is 15.1 Å². The van der Waals surface area contributed by atoms with E-state index in [-0.39, 0.29) is 24.5 Å². The van der Waals surface area contributed by atoms with Crippen molar-refractivity contribution < 1.29 is 14.4 Å². The highest BCUT2D eigenvalue weighted by Gasteiger charge is 2.51.